The molecule has 2 aliphatic rings. The van der Waals surface area contributed by atoms with Crippen molar-refractivity contribution < 1.29 is 9.13 Å². The molecule has 3 rings (SSSR count). The van der Waals surface area contributed by atoms with E-state index in [1.165, 1.54) is 12.1 Å². The van der Waals surface area contributed by atoms with Gasteiger partial charge in [0.15, 0.2) is 5.96 Å². The summed E-state index contributed by atoms with van der Waals surface area (Å²) in [6.07, 6.45) is 2.03. The molecule has 0 aliphatic carbocycles. The Hall–Kier alpha value is -1.13. The van der Waals surface area contributed by atoms with Crippen molar-refractivity contribution in [3.63, 3.8) is 0 Å². The highest BCUT2D eigenvalue weighted by Gasteiger charge is 2.35. The first kappa shape index (κ1) is 24.1. The normalized spacial score (nSPS) is 19.8. The van der Waals surface area contributed by atoms with E-state index in [0.29, 0.717) is 0 Å². The van der Waals surface area contributed by atoms with E-state index < -0.39 is 0 Å². The number of nitrogens with one attached hydrogen (secondary N) is 1. The number of aliphatic imine (C=N–C) groups is 1. The van der Waals surface area contributed by atoms with Gasteiger partial charge in [0.25, 0.3) is 0 Å². The van der Waals surface area contributed by atoms with Crippen LogP contribution in [0.15, 0.2) is 29.3 Å². The van der Waals surface area contributed by atoms with Gasteiger partial charge in [0.2, 0.25) is 0 Å². The van der Waals surface area contributed by atoms with E-state index in [-0.39, 0.29) is 35.3 Å². The number of piperazine rings is 1. The van der Waals surface area contributed by atoms with Gasteiger partial charge < -0.3 is 24.8 Å². The Labute approximate surface area is 191 Å². The molecule has 2 saturated heterocycles. The van der Waals surface area contributed by atoms with E-state index in [1.54, 1.807) is 0 Å². The summed E-state index contributed by atoms with van der Waals surface area (Å²) in [5.41, 5.74) is 1.16. The van der Waals surface area contributed by atoms with Crippen LogP contribution in [0.5, 0.6) is 0 Å². The molecule has 2 aliphatic heterocycles. The van der Waals surface area contributed by atoms with Gasteiger partial charge in [-0.1, -0.05) is 0 Å². The van der Waals surface area contributed by atoms with Crippen LogP contribution in [0.2, 0.25) is 0 Å². The second-order valence-corrected chi connectivity index (χ2v) is 7.85. The quantitative estimate of drug-likeness (QED) is 0.368. The van der Waals surface area contributed by atoms with E-state index in [4.69, 9.17) is 9.73 Å². The number of likely N-dealkylation sites (N-methyl/N-ethyl adjacent to an activating group) is 1. The van der Waals surface area contributed by atoms with Crippen molar-refractivity contribution in [2.75, 3.05) is 71.5 Å². The van der Waals surface area contributed by atoms with Crippen molar-refractivity contribution in [2.24, 2.45) is 4.99 Å². The fourth-order valence-electron chi connectivity index (χ4n) is 3.97. The minimum Gasteiger partial charge on any atom is -0.381 e. The number of nitrogens with zero attached hydrogens (tertiary/aromatic N) is 4. The van der Waals surface area contributed by atoms with Gasteiger partial charge in [0, 0.05) is 57.2 Å². The van der Waals surface area contributed by atoms with Crippen LogP contribution >= 0.6 is 24.0 Å². The molecule has 1 N–H and O–H groups in total. The number of hydrogen-bond acceptors (Lipinski definition) is 4. The molecular weight excluding hydrogens is 484 g/mol. The fraction of sp³-hybridized carbons (Fsp3) is 0.667. The van der Waals surface area contributed by atoms with Crippen LogP contribution in [0.4, 0.5) is 10.1 Å². The SMILES string of the molecule is CCNC(=NCC1(N(C)C)CCOCC1)N1CCN(c2ccc(F)cc2)CC1.I. The van der Waals surface area contributed by atoms with Gasteiger partial charge >= 0.3 is 0 Å². The molecule has 0 amide bonds. The number of hydrogen-bond donors (Lipinski definition) is 1. The first-order valence-corrected chi connectivity index (χ1v) is 10.3. The van der Waals surface area contributed by atoms with E-state index in [2.05, 4.69) is 41.0 Å². The molecule has 0 radical (unpaired) electrons. The minimum absolute atomic E-state index is 0. The van der Waals surface area contributed by atoms with Crippen molar-refractivity contribution in [2.45, 2.75) is 25.3 Å². The Kier molecular flexibility index (Phi) is 9.42. The van der Waals surface area contributed by atoms with Crippen LogP contribution in [-0.2, 0) is 4.74 Å². The Morgan fingerprint density at radius 3 is 2.31 bits per heavy atom. The van der Waals surface area contributed by atoms with Crippen LogP contribution in [-0.4, -0.2) is 87.9 Å². The Morgan fingerprint density at radius 2 is 1.76 bits per heavy atom. The molecule has 1 aromatic carbocycles. The Balaban J connectivity index is 0.00000300. The monoisotopic (exact) mass is 519 g/mol. The van der Waals surface area contributed by atoms with Crippen molar-refractivity contribution in [1.29, 1.82) is 0 Å². The lowest BCUT2D eigenvalue weighted by atomic mass is 9.89. The zero-order valence-electron chi connectivity index (χ0n) is 17.9. The summed E-state index contributed by atoms with van der Waals surface area (Å²) >= 11 is 0. The van der Waals surface area contributed by atoms with Crippen molar-refractivity contribution >= 4 is 35.6 Å². The second kappa shape index (κ2) is 11.3. The molecule has 0 aromatic heterocycles. The van der Waals surface area contributed by atoms with Gasteiger partial charge in [0.1, 0.15) is 5.82 Å². The first-order valence-electron chi connectivity index (χ1n) is 10.3. The fourth-order valence-corrected chi connectivity index (χ4v) is 3.97. The summed E-state index contributed by atoms with van der Waals surface area (Å²) in [5, 5.41) is 3.47. The number of benzene rings is 1. The molecule has 2 heterocycles. The summed E-state index contributed by atoms with van der Waals surface area (Å²) in [7, 11) is 4.30. The number of guanidine groups is 1. The number of ether oxygens (including phenoxy) is 1. The van der Waals surface area contributed by atoms with Crippen molar-refractivity contribution in [3.8, 4) is 0 Å². The molecular formula is C21H35FIN5O. The highest BCUT2D eigenvalue weighted by Crippen LogP contribution is 2.26. The van der Waals surface area contributed by atoms with Crippen LogP contribution in [0.25, 0.3) is 0 Å². The summed E-state index contributed by atoms with van der Waals surface area (Å²) in [6, 6.07) is 6.77. The average molecular weight is 519 g/mol. The predicted molar refractivity (Wildman–Crippen MR) is 128 cm³/mol. The zero-order chi connectivity index (χ0) is 20.0. The molecule has 0 unspecified atom stereocenters. The topological polar surface area (TPSA) is 43.3 Å². The molecule has 0 atom stereocenters. The van der Waals surface area contributed by atoms with Gasteiger partial charge in [-0.2, -0.15) is 0 Å². The smallest absolute Gasteiger partial charge is 0.194 e. The van der Waals surface area contributed by atoms with Gasteiger partial charge in [-0.3, -0.25) is 4.99 Å². The summed E-state index contributed by atoms with van der Waals surface area (Å²) in [5.74, 6) is 0.806. The molecule has 164 valence electrons. The second-order valence-electron chi connectivity index (χ2n) is 7.85. The highest BCUT2D eigenvalue weighted by molar-refractivity contribution is 14.0. The van der Waals surface area contributed by atoms with Crippen LogP contribution in [0.3, 0.4) is 0 Å². The molecule has 8 heteroatoms. The molecule has 6 nitrogen and oxygen atoms in total. The number of anilines is 1. The summed E-state index contributed by atoms with van der Waals surface area (Å²) < 4.78 is 18.7. The summed E-state index contributed by atoms with van der Waals surface area (Å²) in [6.45, 7) is 8.98. The maximum Gasteiger partial charge on any atom is 0.194 e. The third-order valence-electron chi connectivity index (χ3n) is 6.00. The molecule has 29 heavy (non-hydrogen) atoms. The van der Waals surface area contributed by atoms with Gasteiger partial charge in [0.05, 0.1) is 6.54 Å². The third kappa shape index (κ3) is 6.18. The van der Waals surface area contributed by atoms with Crippen molar-refractivity contribution in [1.82, 2.24) is 15.1 Å². The average Bonchev–Trinajstić information content (AvgIpc) is 2.72. The lowest BCUT2D eigenvalue weighted by Crippen LogP contribution is -2.54. The molecule has 0 bridgehead atoms. The maximum atomic E-state index is 13.2. The molecule has 0 spiro atoms. The van der Waals surface area contributed by atoms with E-state index in [0.717, 1.165) is 77.0 Å². The zero-order valence-corrected chi connectivity index (χ0v) is 20.2. The van der Waals surface area contributed by atoms with Crippen molar-refractivity contribution in [3.05, 3.63) is 30.1 Å². The van der Waals surface area contributed by atoms with Gasteiger partial charge in [-0.15, -0.1) is 24.0 Å². The summed E-state index contributed by atoms with van der Waals surface area (Å²) in [4.78, 5) is 12.0. The van der Waals surface area contributed by atoms with Gasteiger partial charge in [-0.05, 0) is 58.1 Å². The van der Waals surface area contributed by atoms with E-state index in [9.17, 15) is 4.39 Å². The van der Waals surface area contributed by atoms with Crippen LogP contribution in [0, 0.1) is 5.82 Å². The first-order chi connectivity index (χ1) is 13.5. The van der Waals surface area contributed by atoms with E-state index >= 15 is 0 Å². The Morgan fingerprint density at radius 1 is 1.14 bits per heavy atom. The van der Waals surface area contributed by atoms with Gasteiger partial charge in [-0.25, -0.2) is 4.39 Å². The number of rotatable bonds is 5. The molecule has 0 saturated carbocycles. The van der Waals surface area contributed by atoms with Crippen LogP contribution in [0.1, 0.15) is 19.8 Å². The Bertz CT molecular complexity index is 641. The third-order valence-corrected chi connectivity index (χ3v) is 6.00. The largest absolute Gasteiger partial charge is 0.381 e. The van der Waals surface area contributed by atoms with E-state index in [1.807, 2.05) is 12.1 Å². The molecule has 1 aromatic rings. The highest BCUT2D eigenvalue weighted by atomic mass is 127. The standard InChI is InChI=1S/C21H34FN5O.HI/c1-4-23-20(24-17-21(25(2)3)9-15-28-16-10-21)27-13-11-26(12-14-27)19-7-5-18(22)6-8-19;/h5-8H,4,9-17H2,1-3H3,(H,23,24);1H. The van der Waals surface area contributed by atoms with Crippen LogP contribution < -0.4 is 10.2 Å². The lowest BCUT2D eigenvalue weighted by Gasteiger charge is -2.42. The lowest BCUT2D eigenvalue weighted by molar-refractivity contribution is -0.00264. The minimum atomic E-state index is -0.188. The predicted octanol–water partition coefficient (Wildman–Crippen LogP) is 2.64. The molecule has 2 fully saturated rings. The maximum absolute atomic E-state index is 13.2. The number of halogens is 2.